The largest absolute Gasteiger partial charge is 0.481 e. The number of rotatable bonds is 7. The number of hydrogen-bond acceptors (Lipinski definition) is 5. The second-order valence-electron chi connectivity index (χ2n) is 8.07. The Kier molecular flexibility index (Phi) is 6.38. The van der Waals surface area contributed by atoms with Gasteiger partial charge in [0.25, 0.3) is 0 Å². The van der Waals surface area contributed by atoms with Gasteiger partial charge in [-0.1, -0.05) is 42.5 Å². The molecule has 0 radical (unpaired) electrons. The number of aryl methyl sites for hydroxylation is 1. The third kappa shape index (κ3) is 4.84. The molecule has 0 amide bonds. The number of carboxylic acid groups (broad SMARTS) is 2. The van der Waals surface area contributed by atoms with Gasteiger partial charge in [0.2, 0.25) is 0 Å². The summed E-state index contributed by atoms with van der Waals surface area (Å²) >= 11 is 4.91. The molecule has 0 bridgehead atoms. The summed E-state index contributed by atoms with van der Waals surface area (Å²) in [5.74, 6) is -1.88. The first-order valence-corrected chi connectivity index (χ1v) is 13.3. The van der Waals surface area contributed by atoms with Crippen LogP contribution in [0.15, 0.2) is 78.9 Å². The van der Waals surface area contributed by atoms with Crippen molar-refractivity contribution in [1.82, 2.24) is 0 Å². The maximum absolute atomic E-state index is 11.6. The standard InChI is InChI=1S/C28H20O4S3/c1-16-12-23(17-6-3-2-4-7-17)34-26(16)21-10-11-22(33-21)27-20(15-25(29)30)14-24(35-27)18-8-5-9-19(13-18)28(31)32/h2-14H,15H2,1H3,(H,29,30)(H,31,32). The molecule has 3 heterocycles. The van der Waals surface area contributed by atoms with E-state index in [1.165, 1.54) is 32.2 Å². The van der Waals surface area contributed by atoms with Crippen LogP contribution in [-0.2, 0) is 11.2 Å². The van der Waals surface area contributed by atoms with Gasteiger partial charge in [0.05, 0.1) is 12.0 Å². The molecule has 174 valence electrons. The highest BCUT2D eigenvalue weighted by Gasteiger charge is 2.19. The first-order valence-electron chi connectivity index (χ1n) is 10.8. The van der Waals surface area contributed by atoms with E-state index in [0.717, 1.165) is 30.6 Å². The van der Waals surface area contributed by atoms with E-state index < -0.39 is 11.9 Å². The van der Waals surface area contributed by atoms with Crippen molar-refractivity contribution in [2.75, 3.05) is 0 Å². The van der Waals surface area contributed by atoms with Crippen molar-refractivity contribution in [2.45, 2.75) is 13.3 Å². The summed E-state index contributed by atoms with van der Waals surface area (Å²) in [5.41, 5.74) is 4.12. The lowest BCUT2D eigenvalue weighted by Gasteiger charge is -1.99. The molecule has 0 atom stereocenters. The molecule has 0 saturated carbocycles. The number of aliphatic carboxylic acids is 1. The molecule has 3 aromatic heterocycles. The summed E-state index contributed by atoms with van der Waals surface area (Å²) in [6.45, 7) is 2.12. The fraction of sp³-hybridized carbons (Fsp3) is 0.0714. The number of benzene rings is 2. The topological polar surface area (TPSA) is 74.6 Å². The van der Waals surface area contributed by atoms with Crippen molar-refractivity contribution in [3.05, 3.63) is 95.6 Å². The van der Waals surface area contributed by atoms with E-state index >= 15 is 0 Å². The fourth-order valence-corrected chi connectivity index (χ4v) is 7.61. The summed E-state index contributed by atoms with van der Waals surface area (Å²) in [5, 5.41) is 18.8. The summed E-state index contributed by atoms with van der Waals surface area (Å²) in [7, 11) is 0. The summed E-state index contributed by atoms with van der Waals surface area (Å²) in [6.07, 6.45) is -0.0894. The van der Waals surface area contributed by atoms with E-state index in [-0.39, 0.29) is 12.0 Å². The van der Waals surface area contributed by atoms with Gasteiger partial charge in [-0.15, -0.1) is 34.0 Å². The molecule has 4 nitrogen and oxygen atoms in total. The first kappa shape index (κ1) is 23.2. The molecule has 0 saturated heterocycles. The van der Waals surface area contributed by atoms with Gasteiger partial charge in [0.15, 0.2) is 0 Å². The summed E-state index contributed by atoms with van der Waals surface area (Å²) < 4.78 is 0. The zero-order valence-electron chi connectivity index (χ0n) is 18.6. The molecule has 0 spiro atoms. The maximum atomic E-state index is 11.6. The Morgan fingerprint density at radius 2 is 1.34 bits per heavy atom. The average molecular weight is 517 g/mol. The Balaban J connectivity index is 1.53. The van der Waals surface area contributed by atoms with Crippen LogP contribution in [0.4, 0.5) is 0 Å². The molecule has 0 aliphatic rings. The molecular formula is C28H20O4S3. The van der Waals surface area contributed by atoms with Gasteiger partial charge in [-0.3, -0.25) is 4.79 Å². The van der Waals surface area contributed by atoms with Crippen LogP contribution in [-0.4, -0.2) is 22.2 Å². The highest BCUT2D eigenvalue weighted by Crippen LogP contribution is 2.46. The summed E-state index contributed by atoms with van der Waals surface area (Å²) in [4.78, 5) is 29.3. The van der Waals surface area contributed by atoms with Crippen molar-refractivity contribution in [3.8, 4) is 40.4 Å². The smallest absolute Gasteiger partial charge is 0.335 e. The molecule has 5 aromatic rings. The number of hydrogen-bond donors (Lipinski definition) is 2. The van der Waals surface area contributed by atoms with Gasteiger partial charge in [-0.05, 0) is 65.6 Å². The minimum Gasteiger partial charge on any atom is -0.481 e. The van der Waals surface area contributed by atoms with Crippen LogP contribution in [0.3, 0.4) is 0 Å². The molecule has 35 heavy (non-hydrogen) atoms. The zero-order valence-corrected chi connectivity index (χ0v) is 21.1. The Morgan fingerprint density at radius 3 is 2.06 bits per heavy atom. The van der Waals surface area contributed by atoms with Crippen molar-refractivity contribution in [3.63, 3.8) is 0 Å². The molecule has 0 unspecified atom stereocenters. The number of aromatic carboxylic acids is 1. The Morgan fingerprint density at radius 1 is 0.686 bits per heavy atom. The minimum atomic E-state index is -0.988. The molecule has 2 N–H and O–H groups in total. The van der Waals surface area contributed by atoms with Crippen molar-refractivity contribution < 1.29 is 19.8 Å². The average Bonchev–Trinajstić information content (AvgIpc) is 3.57. The second-order valence-corrected chi connectivity index (χ2v) is 11.3. The van der Waals surface area contributed by atoms with E-state index in [0.29, 0.717) is 0 Å². The highest BCUT2D eigenvalue weighted by atomic mass is 32.1. The van der Waals surface area contributed by atoms with Crippen LogP contribution >= 0.6 is 34.0 Å². The van der Waals surface area contributed by atoms with Crippen LogP contribution < -0.4 is 0 Å². The predicted octanol–water partition coefficient (Wildman–Crippen LogP) is 8.17. The van der Waals surface area contributed by atoms with Gasteiger partial charge < -0.3 is 10.2 Å². The van der Waals surface area contributed by atoms with Gasteiger partial charge in [0, 0.05) is 29.3 Å². The van der Waals surface area contributed by atoms with Crippen molar-refractivity contribution in [1.29, 1.82) is 0 Å². The van der Waals surface area contributed by atoms with Crippen LogP contribution in [0.25, 0.3) is 40.4 Å². The normalized spacial score (nSPS) is 11.0. The molecule has 5 rings (SSSR count). The molecule has 0 aliphatic heterocycles. The Labute approximate surface area is 214 Å². The lowest BCUT2D eigenvalue weighted by molar-refractivity contribution is -0.136. The van der Waals surface area contributed by atoms with Crippen LogP contribution in [0, 0.1) is 6.92 Å². The third-order valence-electron chi connectivity index (χ3n) is 5.57. The number of carboxylic acids is 2. The van der Waals surface area contributed by atoms with Crippen molar-refractivity contribution >= 4 is 45.9 Å². The van der Waals surface area contributed by atoms with Crippen LogP contribution in [0.1, 0.15) is 21.5 Å². The van der Waals surface area contributed by atoms with Crippen molar-refractivity contribution in [2.24, 2.45) is 0 Å². The van der Waals surface area contributed by atoms with E-state index in [1.54, 1.807) is 40.9 Å². The highest BCUT2D eigenvalue weighted by molar-refractivity contribution is 7.28. The van der Waals surface area contributed by atoms with Gasteiger partial charge >= 0.3 is 11.9 Å². The number of thiophene rings is 3. The van der Waals surface area contributed by atoms with E-state index in [9.17, 15) is 19.8 Å². The minimum absolute atomic E-state index is 0.0894. The summed E-state index contributed by atoms with van der Waals surface area (Å²) in [6, 6.07) is 25.3. The lowest BCUT2D eigenvalue weighted by atomic mass is 10.1. The predicted molar refractivity (Wildman–Crippen MR) is 145 cm³/mol. The van der Waals surface area contributed by atoms with Gasteiger partial charge in [-0.25, -0.2) is 4.79 Å². The fourth-order valence-electron chi connectivity index (χ4n) is 3.93. The van der Waals surface area contributed by atoms with Crippen LogP contribution in [0.5, 0.6) is 0 Å². The SMILES string of the molecule is Cc1cc(-c2ccccc2)sc1-c1ccc(-c2sc(-c3cccc(C(=O)O)c3)cc2CC(=O)O)s1. The molecule has 7 heteroatoms. The van der Waals surface area contributed by atoms with E-state index in [4.69, 9.17) is 0 Å². The molecule has 0 fully saturated rings. The monoisotopic (exact) mass is 516 g/mol. The number of carbonyl (C=O) groups is 2. The molecule has 0 aliphatic carbocycles. The van der Waals surface area contributed by atoms with E-state index in [2.05, 4.69) is 37.3 Å². The molecular weight excluding hydrogens is 497 g/mol. The molecule has 2 aromatic carbocycles. The van der Waals surface area contributed by atoms with Gasteiger partial charge in [-0.2, -0.15) is 0 Å². The first-order chi connectivity index (χ1) is 16.9. The zero-order chi connectivity index (χ0) is 24.5. The third-order valence-corrected chi connectivity index (χ3v) is 9.53. The van der Waals surface area contributed by atoms with Crippen LogP contribution in [0.2, 0.25) is 0 Å². The Hall–Kier alpha value is -3.52. The lowest BCUT2D eigenvalue weighted by Crippen LogP contribution is -1.99. The second kappa shape index (κ2) is 9.62. The Bertz CT molecular complexity index is 1540. The van der Waals surface area contributed by atoms with E-state index in [1.807, 2.05) is 30.3 Å². The maximum Gasteiger partial charge on any atom is 0.335 e. The quantitative estimate of drug-likeness (QED) is 0.229. The van der Waals surface area contributed by atoms with Gasteiger partial charge in [0.1, 0.15) is 0 Å².